The Morgan fingerprint density at radius 3 is 2.95 bits per heavy atom. The number of nitrogens with two attached hydrogens (primary N) is 1. The Balaban J connectivity index is 2.14. The third-order valence-corrected chi connectivity index (χ3v) is 3.51. The SMILES string of the molecule is CCCN(Cc1cccc(N)c1)C(=O)c1cncs1. The Hall–Kier alpha value is -1.88. The van der Waals surface area contributed by atoms with Gasteiger partial charge in [-0.15, -0.1) is 11.3 Å². The number of hydrogen-bond donors (Lipinski definition) is 1. The molecule has 1 heterocycles. The Morgan fingerprint density at radius 1 is 1.47 bits per heavy atom. The number of carbonyl (C=O) groups is 1. The number of aromatic nitrogens is 1. The smallest absolute Gasteiger partial charge is 0.265 e. The quantitative estimate of drug-likeness (QED) is 0.854. The van der Waals surface area contributed by atoms with Gasteiger partial charge in [-0.25, -0.2) is 0 Å². The lowest BCUT2D eigenvalue weighted by Gasteiger charge is -2.21. The number of hydrogen-bond acceptors (Lipinski definition) is 4. The van der Waals surface area contributed by atoms with Crippen LogP contribution in [0.3, 0.4) is 0 Å². The molecule has 0 atom stereocenters. The Bertz CT molecular complexity index is 539. The molecule has 100 valence electrons. The van der Waals surface area contributed by atoms with Crippen molar-refractivity contribution in [1.29, 1.82) is 0 Å². The van der Waals surface area contributed by atoms with Crippen LogP contribution < -0.4 is 5.73 Å². The van der Waals surface area contributed by atoms with E-state index in [1.807, 2.05) is 29.2 Å². The molecule has 2 rings (SSSR count). The van der Waals surface area contributed by atoms with Crippen molar-refractivity contribution in [1.82, 2.24) is 9.88 Å². The van der Waals surface area contributed by atoms with Crippen molar-refractivity contribution in [2.24, 2.45) is 0 Å². The zero-order valence-electron chi connectivity index (χ0n) is 10.9. The highest BCUT2D eigenvalue weighted by atomic mass is 32.1. The van der Waals surface area contributed by atoms with E-state index in [-0.39, 0.29) is 5.91 Å². The van der Waals surface area contributed by atoms with Gasteiger partial charge in [-0.2, -0.15) is 0 Å². The zero-order chi connectivity index (χ0) is 13.7. The van der Waals surface area contributed by atoms with Crippen LogP contribution >= 0.6 is 11.3 Å². The van der Waals surface area contributed by atoms with E-state index < -0.39 is 0 Å². The number of nitrogens with zero attached hydrogens (tertiary/aromatic N) is 2. The summed E-state index contributed by atoms with van der Waals surface area (Å²) in [5, 5.41) is 0. The normalized spacial score (nSPS) is 10.4. The van der Waals surface area contributed by atoms with Gasteiger partial charge in [0, 0.05) is 18.8 Å². The van der Waals surface area contributed by atoms with Crippen LogP contribution in [0.25, 0.3) is 0 Å². The van der Waals surface area contributed by atoms with Crippen LogP contribution in [0.15, 0.2) is 36.0 Å². The van der Waals surface area contributed by atoms with E-state index in [0.29, 0.717) is 11.4 Å². The zero-order valence-corrected chi connectivity index (χ0v) is 11.7. The molecule has 0 saturated heterocycles. The summed E-state index contributed by atoms with van der Waals surface area (Å²) < 4.78 is 0. The van der Waals surface area contributed by atoms with Gasteiger partial charge < -0.3 is 10.6 Å². The fraction of sp³-hybridized carbons (Fsp3) is 0.286. The van der Waals surface area contributed by atoms with Gasteiger partial charge in [0.2, 0.25) is 0 Å². The number of benzene rings is 1. The van der Waals surface area contributed by atoms with E-state index >= 15 is 0 Å². The largest absolute Gasteiger partial charge is 0.399 e. The van der Waals surface area contributed by atoms with Gasteiger partial charge >= 0.3 is 0 Å². The summed E-state index contributed by atoms with van der Waals surface area (Å²) in [7, 11) is 0. The minimum atomic E-state index is 0.0341. The second-order valence-corrected chi connectivity index (χ2v) is 5.22. The predicted octanol–water partition coefficient (Wildman–Crippen LogP) is 2.78. The van der Waals surface area contributed by atoms with E-state index in [1.165, 1.54) is 11.3 Å². The molecule has 4 nitrogen and oxygen atoms in total. The van der Waals surface area contributed by atoms with Gasteiger partial charge in [0.15, 0.2) is 0 Å². The standard InChI is InChI=1S/C14H17N3OS/c1-2-6-17(14(18)13-8-16-10-19-13)9-11-4-3-5-12(15)7-11/h3-5,7-8,10H,2,6,9,15H2,1H3. The summed E-state index contributed by atoms with van der Waals surface area (Å²) in [4.78, 5) is 18.8. The van der Waals surface area contributed by atoms with E-state index in [2.05, 4.69) is 11.9 Å². The fourth-order valence-electron chi connectivity index (χ4n) is 1.91. The Labute approximate surface area is 116 Å². The number of rotatable bonds is 5. The minimum absolute atomic E-state index is 0.0341. The maximum absolute atomic E-state index is 12.4. The summed E-state index contributed by atoms with van der Waals surface area (Å²) >= 11 is 1.37. The van der Waals surface area contributed by atoms with Crippen molar-refractivity contribution in [3.05, 3.63) is 46.4 Å². The van der Waals surface area contributed by atoms with Crippen molar-refractivity contribution in [2.45, 2.75) is 19.9 Å². The molecule has 1 aromatic heterocycles. The molecule has 5 heteroatoms. The summed E-state index contributed by atoms with van der Waals surface area (Å²) in [5.41, 5.74) is 9.22. The molecule has 0 unspecified atom stereocenters. The van der Waals surface area contributed by atoms with Gasteiger partial charge in [0.1, 0.15) is 4.88 Å². The first-order valence-electron chi connectivity index (χ1n) is 6.23. The number of anilines is 1. The average molecular weight is 275 g/mol. The van der Waals surface area contributed by atoms with E-state index in [1.54, 1.807) is 11.7 Å². The minimum Gasteiger partial charge on any atom is -0.399 e. The lowest BCUT2D eigenvalue weighted by molar-refractivity contribution is 0.0748. The summed E-state index contributed by atoms with van der Waals surface area (Å²) in [6.07, 6.45) is 2.54. The van der Waals surface area contributed by atoms with E-state index in [4.69, 9.17) is 5.73 Å². The summed E-state index contributed by atoms with van der Waals surface area (Å²) in [6, 6.07) is 7.65. The fourth-order valence-corrected chi connectivity index (χ4v) is 2.50. The monoisotopic (exact) mass is 275 g/mol. The molecule has 0 aliphatic carbocycles. The van der Waals surface area contributed by atoms with Crippen molar-refractivity contribution in [3.63, 3.8) is 0 Å². The Morgan fingerprint density at radius 2 is 2.32 bits per heavy atom. The van der Waals surface area contributed by atoms with Gasteiger partial charge in [-0.1, -0.05) is 19.1 Å². The first kappa shape index (κ1) is 13.5. The van der Waals surface area contributed by atoms with Crippen molar-refractivity contribution in [2.75, 3.05) is 12.3 Å². The molecular formula is C14H17N3OS. The second kappa shape index (κ2) is 6.33. The van der Waals surface area contributed by atoms with Gasteiger partial charge in [-0.05, 0) is 24.1 Å². The maximum Gasteiger partial charge on any atom is 0.265 e. The molecule has 0 fully saturated rings. The van der Waals surface area contributed by atoms with Gasteiger partial charge in [0.05, 0.1) is 11.7 Å². The number of nitrogen functional groups attached to an aromatic ring is 1. The first-order chi connectivity index (χ1) is 9.20. The van der Waals surface area contributed by atoms with Crippen LogP contribution in [0.4, 0.5) is 5.69 Å². The van der Waals surface area contributed by atoms with E-state index in [0.717, 1.165) is 24.2 Å². The molecule has 19 heavy (non-hydrogen) atoms. The molecule has 0 saturated carbocycles. The van der Waals surface area contributed by atoms with Crippen molar-refractivity contribution < 1.29 is 4.79 Å². The summed E-state index contributed by atoms with van der Waals surface area (Å²) in [5.74, 6) is 0.0341. The van der Waals surface area contributed by atoms with Crippen LogP contribution in [-0.4, -0.2) is 22.3 Å². The Kier molecular flexibility index (Phi) is 4.52. The molecular weight excluding hydrogens is 258 g/mol. The van der Waals surface area contributed by atoms with Crippen molar-refractivity contribution in [3.8, 4) is 0 Å². The van der Waals surface area contributed by atoms with Crippen LogP contribution in [0.2, 0.25) is 0 Å². The highest BCUT2D eigenvalue weighted by Gasteiger charge is 2.16. The molecule has 0 bridgehead atoms. The molecule has 0 aliphatic rings. The van der Waals surface area contributed by atoms with Crippen LogP contribution in [-0.2, 0) is 6.54 Å². The molecule has 0 aliphatic heterocycles. The molecule has 1 amide bonds. The predicted molar refractivity (Wildman–Crippen MR) is 78.0 cm³/mol. The van der Waals surface area contributed by atoms with Crippen LogP contribution in [0.1, 0.15) is 28.6 Å². The van der Waals surface area contributed by atoms with Gasteiger partial charge in [-0.3, -0.25) is 9.78 Å². The van der Waals surface area contributed by atoms with Gasteiger partial charge in [0.25, 0.3) is 5.91 Å². The molecule has 0 radical (unpaired) electrons. The average Bonchev–Trinajstić information content (AvgIpc) is 2.91. The lowest BCUT2D eigenvalue weighted by Crippen LogP contribution is -2.30. The maximum atomic E-state index is 12.4. The highest BCUT2D eigenvalue weighted by Crippen LogP contribution is 2.15. The lowest BCUT2D eigenvalue weighted by atomic mass is 10.2. The number of carbonyl (C=O) groups excluding carboxylic acids is 1. The van der Waals surface area contributed by atoms with Crippen LogP contribution in [0.5, 0.6) is 0 Å². The van der Waals surface area contributed by atoms with Crippen LogP contribution in [0, 0.1) is 0 Å². The topological polar surface area (TPSA) is 59.2 Å². The molecule has 2 aromatic rings. The molecule has 2 N–H and O–H groups in total. The first-order valence-corrected chi connectivity index (χ1v) is 7.11. The second-order valence-electron chi connectivity index (χ2n) is 4.34. The number of amides is 1. The molecule has 1 aromatic carbocycles. The van der Waals surface area contributed by atoms with Crippen molar-refractivity contribution >= 4 is 22.9 Å². The molecule has 0 spiro atoms. The third-order valence-electron chi connectivity index (χ3n) is 2.75. The summed E-state index contributed by atoms with van der Waals surface area (Å²) in [6.45, 7) is 3.37. The number of thiazole rings is 1. The highest BCUT2D eigenvalue weighted by molar-refractivity contribution is 7.11. The van der Waals surface area contributed by atoms with E-state index in [9.17, 15) is 4.79 Å². The third kappa shape index (κ3) is 3.54.